The third kappa shape index (κ3) is 3.84. The number of rotatable bonds is 7. The van der Waals surface area contributed by atoms with Crippen molar-refractivity contribution >= 4 is 5.91 Å². The second-order valence-corrected chi connectivity index (χ2v) is 5.53. The maximum absolute atomic E-state index is 12.6. The van der Waals surface area contributed by atoms with E-state index in [0.29, 0.717) is 38.0 Å². The smallest absolute Gasteiger partial charge is 0.276 e. The molecule has 1 aliphatic heterocycles. The van der Waals surface area contributed by atoms with Crippen LogP contribution in [0, 0.1) is 6.92 Å². The molecule has 1 aromatic rings. The SMILES string of the molecule is CCOCCN(CC)C(=O)c1nnn(C2CCNCC2)c1C. The lowest BCUT2D eigenvalue weighted by Gasteiger charge is -2.24. The van der Waals surface area contributed by atoms with Gasteiger partial charge in [0.2, 0.25) is 0 Å². The number of likely N-dealkylation sites (N-methyl/N-ethyl adjacent to an activating group) is 1. The molecule has 2 rings (SSSR count). The summed E-state index contributed by atoms with van der Waals surface area (Å²) in [5.74, 6) is -0.0557. The fourth-order valence-corrected chi connectivity index (χ4v) is 2.81. The van der Waals surface area contributed by atoms with Crippen molar-refractivity contribution in [3.8, 4) is 0 Å². The molecule has 0 aliphatic carbocycles. The molecule has 22 heavy (non-hydrogen) atoms. The van der Waals surface area contributed by atoms with Gasteiger partial charge in [0, 0.05) is 19.7 Å². The Morgan fingerprint density at radius 1 is 1.41 bits per heavy atom. The zero-order chi connectivity index (χ0) is 15.9. The van der Waals surface area contributed by atoms with Crippen molar-refractivity contribution in [2.45, 2.75) is 39.7 Å². The molecular weight excluding hydrogens is 282 g/mol. The van der Waals surface area contributed by atoms with Crippen LogP contribution in [-0.2, 0) is 4.74 Å². The van der Waals surface area contributed by atoms with Gasteiger partial charge in [0.05, 0.1) is 18.3 Å². The lowest BCUT2D eigenvalue weighted by Crippen LogP contribution is -2.34. The molecule has 124 valence electrons. The molecule has 0 unspecified atom stereocenters. The lowest BCUT2D eigenvalue weighted by molar-refractivity contribution is 0.0663. The summed E-state index contributed by atoms with van der Waals surface area (Å²) in [7, 11) is 0. The first kappa shape index (κ1) is 16.9. The second kappa shape index (κ2) is 8.24. The quantitative estimate of drug-likeness (QED) is 0.761. The summed E-state index contributed by atoms with van der Waals surface area (Å²) < 4.78 is 7.26. The first-order valence-electron chi connectivity index (χ1n) is 8.18. The van der Waals surface area contributed by atoms with Gasteiger partial charge in [-0.05, 0) is 46.7 Å². The Balaban J connectivity index is 2.07. The van der Waals surface area contributed by atoms with E-state index in [2.05, 4.69) is 15.6 Å². The van der Waals surface area contributed by atoms with Crippen LogP contribution in [0.15, 0.2) is 0 Å². The summed E-state index contributed by atoms with van der Waals surface area (Å²) in [4.78, 5) is 14.4. The highest BCUT2D eigenvalue weighted by Crippen LogP contribution is 2.20. The van der Waals surface area contributed by atoms with Crippen molar-refractivity contribution in [3.63, 3.8) is 0 Å². The number of hydrogen-bond donors (Lipinski definition) is 1. The third-order valence-corrected chi connectivity index (χ3v) is 4.16. The maximum atomic E-state index is 12.6. The van der Waals surface area contributed by atoms with E-state index < -0.39 is 0 Å². The van der Waals surface area contributed by atoms with Gasteiger partial charge in [0.25, 0.3) is 5.91 Å². The second-order valence-electron chi connectivity index (χ2n) is 5.53. The van der Waals surface area contributed by atoms with Crippen LogP contribution >= 0.6 is 0 Å². The number of amides is 1. The molecule has 0 atom stereocenters. The highest BCUT2D eigenvalue weighted by molar-refractivity contribution is 5.93. The summed E-state index contributed by atoms with van der Waals surface area (Å²) in [6.45, 7) is 10.3. The molecule has 0 saturated carbocycles. The Hall–Kier alpha value is -1.47. The normalized spacial score (nSPS) is 16.0. The minimum atomic E-state index is -0.0557. The molecule has 1 amide bonds. The van der Waals surface area contributed by atoms with Crippen molar-refractivity contribution < 1.29 is 9.53 Å². The van der Waals surface area contributed by atoms with Crippen LogP contribution in [0.2, 0.25) is 0 Å². The Labute approximate surface area is 132 Å². The number of carbonyl (C=O) groups excluding carboxylic acids is 1. The fourth-order valence-electron chi connectivity index (χ4n) is 2.81. The van der Waals surface area contributed by atoms with Crippen LogP contribution < -0.4 is 5.32 Å². The molecule has 0 spiro atoms. The summed E-state index contributed by atoms with van der Waals surface area (Å²) >= 11 is 0. The Bertz CT molecular complexity index is 482. The topological polar surface area (TPSA) is 72.3 Å². The van der Waals surface area contributed by atoms with Gasteiger partial charge in [-0.2, -0.15) is 0 Å². The first-order valence-corrected chi connectivity index (χ1v) is 8.18. The zero-order valence-electron chi connectivity index (χ0n) is 13.8. The molecule has 1 N–H and O–H groups in total. The van der Waals surface area contributed by atoms with Crippen LogP contribution in [0.25, 0.3) is 0 Å². The van der Waals surface area contributed by atoms with Crippen LogP contribution in [0.4, 0.5) is 0 Å². The summed E-state index contributed by atoms with van der Waals surface area (Å²) in [5.41, 5.74) is 1.34. The highest BCUT2D eigenvalue weighted by atomic mass is 16.5. The molecule has 1 aliphatic rings. The average Bonchev–Trinajstić information content (AvgIpc) is 2.93. The molecule has 2 heterocycles. The molecule has 0 bridgehead atoms. The van der Waals surface area contributed by atoms with E-state index in [1.165, 1.54) is 0 Å². The van der Waals surface area contributed by atoms with Gasteiger partial charge in [-0.25, -0.2) is 4.68 Å². The van der Waals surface area contributed by atoms with E-state index in [4.69, 9.17) is 4.74 Å². The molecule has 1 aromatic heterocycles. The van der Waals surface area contributed by atoms with Crippen molar-refractivity contribution in [2.24, 2.45) is 0 Å². The van der Waals surface area contributed by atoms with Crippen LogP contribution in [-0.4, -0.2) is 65.2 Å². The number of aromatic nitrogens is 3. The third-order valence-electron chi connectivity index (χ3n) is 4.16. The lowest BCUT2D eigenvalue weighted by atomic mass is 10.1. The van der Waals surface area contributed by atoms with E-state index >= 15 is 0 Å². The van der Waals surface area contributed by atoms with Gasteiger partial charge in [0.1, 0.15) is 0 Å². The van der Waals surface area contributed by atoms with Gasteiger partial charge in [0.15, 0.2) is 5.69 Å². The Kier molecular flexibility index (Phi) is 6.33. The number of carbonyl (C=O) groups is 1. The van der Waals surface area contributed by atoms with E-state index in [1.807, 2.05) is 25.5 Å². The van der Waals surface area contributed by atoms with Crippen molar-refractivity contribution in [3.05, 3.63) is 11.4 Å². The number of nitrogens with one attached hydrogen (secondary N) is 1. The molecular formula is C15H27N5O2. The van der Waals surface area contributed by atoms with Crippen molar-refractivity contribution in [1.29, 1.82) is 0 Å². The largest absolute Gasteiger partial charge is 0.380 e. The predicted octanol–water partition coefficient (Wildman–Crippen LogP) is 1.01. The minimum absolute atomic E-state index is 0.0557. The van der Waals surface area contributed by atoms with E-state index in [0.717, 1.165) is 31.6 Å². The maximum Gasteiger partial charge on any atom is 0.276 e. The monoisotopic (exact) mass is 309 g/mol. The van der Waals surface area contributed by atoms with Crippen molar-refractivity contribution in [1.82, 2.24) is 25.2 Å². The van der Waals surface area contributed by atoms with Crippen molar-refractivity contribution in [2.75, 3.05) is 39.4 Å². The number of hydrogen-bond acceptors (Lipinski definition) is 5. The molecule has 1 saturated heterocycles. The fraction of sp³-hybridized carbons (Fsp3) is 0.800. The van der Waals surface area contributed by atoms with Crippen LogP contribution in [0.5, 0.6) is 0 Å². The van der Waals surface area contributed by atoms with E-state index in [9.17, 15) is 4.79 Å². The van der Waals surface area contributed by atoms with E-state index in [-0.39, 0.29) is 5.91 Å². The molecule has 1 fully saturated rings. The van der Waals surface area contributed by atoms with Gasteiger partial charge in [-0.1, -0.05) is 5.21 Å². The minimum Gasteiger partial charge on any atom is -0.380 e. The Morgan fingerprint density at radius 3 is 2.77 bits per heavy atom. The zero-order valence-corrected chi connectivity index (χ0v) is 13.8. The van der Waals surface area contributed by atoms with E-state index in [1.54, 1.807) is 4.90 Å². The standard InChI is InChI=1S/C15H27N5O2/c1-4-19(10-11-22-5-2)15(21)14-12(3)20(18-17-14)13-6-8-16-9-7-13/h13,16H,4-11H2,1-3H3. The van der Waals surface area contributed by atoms with Gasteiger partial charge >= 0.3 is 0 Å². The summed E-state index contributed by atoms with van der Waals surface area (Å²) in [5, 5.41) is 11.7. The van der Waals surface area contributed by atoms with Crippen LogP contribution in [0.1, 0.15) is 48.9 Å². The highest BCUT2D eigenvalue weighted by Gasteiger charge is 2.25. The predicted molar refractivity (Wildman–Crippen MR) is 84.0 cm³/mol. The summed E-state index contributed by atoms with van der Waals surface area (Å²) in [6.07, 6.45) is 2.05. The Morgan fingerprint density at radius 2 is 2.14 bits per heavy atom. The molecule has 7 nitrogen and oxygen atoms in total. The number of ether oxygens (including phenoxy) is 1. The summed E-state index contributed by atoms with van der Waals surface area (Å²) in [6, 6.07) is 0.341. The average molecular weight is 309 g/mol. The number of nitrogens with zero attached hydrogens (tertiary/aromatic N) is 4. The molecule has 7 heteroatoms. The van der Waals surface area contributed by atoms with Gasteiger partial charge < -0.3 is 15.0 Å². The number of piperidine rings is 1. The van der Waals surface area contributed by atoms with Gasteiger partial charge in [-0.3, -0.25) is 4.79 Å². The molecule has 0 aromatic carbocycles. The van der Waals surface area contributed by atoms with Crippen LogP contribution in [0.3, 0.4) is 0 Å². The van der Waals surface area contributed by atoms with Gasteiger partial charge in [-0.15, -0.1) is 5.10 Å². The molecule has 0 radical (unpaired) electrons. The first-order chi connectivity index (χ1) is 10.7.